The van der Waals surface area contributed by atoms with Crippen molar-refractivity contribution < 1.29 is 14.7 Å². The largest absolute Gasteiger partial charge is 0.389 e. The van der Waals surface area contributed by atoms with Crippen molar-refractivity contribution >= 4 is 34.8 Å². The Morgan fingerprint density at radius 2 is 1.86 bits per heavy atom. The summed E-state index contributed by atoms with van der Waals surface area (Å²) >= 11 is 7.69. The number of hydrogen-bond acceptors (Lipinski definition) is 6. The van der Waals surface area contributed by atoms with Crippen LogP contribution in [0.1, 0.15) is 68.4 Å². The number of likely N-dealkylation sites (tertiary alicyclic amines) is 1. The van der Waals surface area contributed by atoms with E-state index in [1.54, 1.807) is 35.6 Å². The molecular weight excluding hydrogens is 568 g/mol. The number of nitrogens with one attached hydrogen (secondary N) is 2. The van der Waals surface area contributed by atoms with Crippen LogP contribution in [-0.4, -0.2) is 46.0 Å². The summed E-state index contributed by atoms with van der Waals surface area (Å²) in [6.07, 6.45) is 0.825. The lowest BCUT2D eigenvalue weighted by Gasteiger charge is -2.36. The molecule has 7 nitrogen and oxygen atoms in total. The van der Waals surface area contributed by atoms with Gasteiger partial charge in [-0.2, -0.15) is 0 Å². The predicted molar refractivity (Wildman–Crippen MR) is 167 cm³/mol. The Bertz CT molecular complexity index is 1550. The van der Waals surface area contributed by atoms with Gasteiger partial charge in [-0.3, -0.25) is 9.59 Å². The fourth-order valence-electron chi connectivity index (χ4n) is 5.40. The summed E-state index contributed by atoms with van der Waals surface area (Å²) in [4.78, 5) is 33.7. The van der Waals surface area contributed by atoms with Gasteiger partial charge in [0.25, 0.3) is 11.8 Å². The van der Waals surface area contributed by atoms with E-state index in [4.69, 9.17) is 11.6 Å². The summed E-state index contributed by atoms with van der Waals surface area (Å²) in [7, 11) is 0. The number of hydrogen-bond donors (Lipinski definition) is 3. The minimum atomic E-state index is -1.11. The molecule has 9 heteroatoms. The average Bonchev–Trinajstić information content (AvgIpc) is 3.66. The fourth-order valence-corrected chi connectivity index (χ4v) is 6.55. The number of nitrogens with zero attached hydrogens (tertiary/aromatic N) is 2. The third-order valence-electron chi connectivity index (χ3n) is 7.78. The van der Waals surface area contributed by atoms with Crippen LogP contribution >= 0.6 is 22.9 Å². The van der Waals surface area contributed by atoms with Crippen LogP contribution in [0.4, 0.5) is 0 Å². The molecule has 2 heterocycles. The molecule has 0 unspecified atom stereocenters. The van der Waals surface area contributed by atoms with Crippen molar-refractivity contribution in [2.24, 2.45) is 0 Å². The summed E-state index contributed by atoms with van der Waals surface area (Å²) in [6.45, 7) is 5.16. The van der Waals surface area contributed by atoms with Gasteiger partial charge in [-0.25, -0.2) is 4.98 Å². The first-order valence-corrected chi connectivity index (χ1v) is 15.3. The van der Waals surface area contributed by atoms with Gasteiger partial charge in [0.05, 0.1) is 17.7 Å². The Morgan fingerprint density at radius 3 is 2.60 bits per heavy atom. The van der Waals surface area contributed by atoms with Gasteiger partial charge < -0.3 is 20.6 Å². The van der Waals surface area contributed by atoms with E-state index in [0.717, 1.165) is 34.7 Å². The molecular formula is C33H35ClN4O3S. The van der Waals surface area contributed by atoms with Crippen molar-refractivity contribution in [1.29, 1.82) is 0 Å². The highest BCUT2D eigenvalue weighted by molar-refractivity contribution is 7.09. The van der Waals surface area contributed by atoms with Crippen molar-refractivity contribution in [3.05, 3.63) is 122 Å². The highest BCUT2D eigenvalue weighted by Crippen LogP contribution is 2.35. The molecule has 1 aliphatic rings. The average molecular weight is 603 g/mol. The van der Waals surface area contributed by atoms with Crippen LogP contribution in [0.15, 0.2) is 84.2 Å². The molecule has 3 aromatic carbocycles. The number of carbonyl (C=O) groups excluding carboxylic acids is 2. The minimum Gasteiger partial charge on any atom is -0.389 e. The lowest BCUT2D eigenvalue weighted by atomic mass is 9.85. The number of benzene rings is 3. The third-order valence-corrected chi connectivity index (χ3v) is 9.08. The molecule has 1 aromatic heterocycles. The zero-order chi connectivity index (χ0) is 29.7. The number of aliphatic hydroxyl groups is 1. The van der Waals surface area contributed by atoms with E-state index in [1.165, 1.54) is 0 Å². The number of thiazole rings is 1. The number of halogens is 1. The molecule has 0 spiro atoms. The second-order valence-corrected chi connectivity index (χ2v) is 12.2. The number of aromatic nitrogens is 1. The van der Waals surface area contributed by atoms with Crippen molar-refractivity contribution in [2.75, 3.05) is 13.1 Å². The van der Waals surface area contributed by atoms with E-state index in [2.05, 4.69) is 15.6 Å². The third kappa shape index (κ3) is 6.73. The van der Waals surface area contributed by atoms with E-state index in [9.17, 15) is 14.7 Å². The van der Waals surface area contributed by atoms with Gasteiger partial charge in [0, 0.05) is 46.9 Å². The summed E-state index contributed by atoms with van der Waals surface area (Å²) < 4.78 is 0. The van der Waals surface area contributed by atoms with Crippen LogP contribution in [0.3, 0.4) is 0 Å². The predicted octanol–water partition coefficient (Wildman–Crippen LogP) is 5.88. The molecule has 42 heavy (non-hydrogen) atoms. The minimum absolute atomic E-state index is 0.0513. The van der Waals surface area contributed by atoms with Gasteiger partial charge in [-0.15, -0.1) is 11.3 Å². The quantitative estimate of drug-likeness (QED) is 0.211. The molecule has 0 bridgehead atoms. The summed E-state index contributed by atoms with van der Waals surface area (Å²) in [6, 6.07) is 23.7. The fraction of sp³-hybridized carbons (Fsp3) is 0.303. The zero-order valence-corrected chi connectivity index (χ0v) is 25.3. The van der Waals surface area contributed by atoms with Crippen molar-refractivity contribution in [3.8, 4) is 0 Å². The smallest absolute Gasteiger partial charge is 0.254 e. The number of aliphatic hydroxyl groups excluding tert-OH is 1. The van der Waals surface area contributed by atoms with E-state index < -0.39 is 11.6 Å². The van der Waals surface area contributed by atoms with Crippen molar-refractivity contribution in [1.82, 2.24) is 20.5 Å². The lowest BCUT2D eigenvalue weighted by Crippen LogP contribution is -2.55. The Hall–Kier alpha value is -3.56. The van der Waals surface area contributed by atoms with E-state index in [-0.39, 0.29) is 24.4 Å². The Labute approximate surface area is 255 Å². The molecule has 0 saturated carbocycles. The Balaban J connectivity index is 1.32. The number of carbonyl (C=O) groups is 2. The van der Waals surface area contributed by atoms with Crippen molar-refractivity contribution in [2.45, 2.75) is 50.9 Å². The monoisotopic (exact) mass is 602 g/mol. The van der Waals surface area contributed by atoms with Crippen LogP contribution in [-0.2, 0) is 12.1 Å². The van der Waals surface area contributed by atoms with Gasteiger partial charge in [0.1, 0.15) is 5.01 Å². The molecule has 2 amide bonds. The second kappa shape index (κ2) is 13.2. The first kappa shape index (κ1) is 29.9. The van der Waals surface area contributed by atoms with E-state index >= 15 is 0 Å². The van der Waals surface area contributed by atoms with Gasteiger partial charge in [0.2, 0.25) is 0 Å². The van der Waals surface area contributed by atoms with Crippen LogP contribution < -0.4 is 10.6 Å². The zero-order valence-electron chi connectivity index (χ0n) is 23.7. The number of amides is 2. The SMILES string of the molecule is Cc1csc([C@H]2CCCN2C(=O)c2cccc(C(=O)N[C@@](C)(c3ccccc3)[C@H](O)CNCc3cccc(Cl)c3)c2)n1. The summed E-state index contributed by atoms with van der Waals surface area (Å²) in [5.74, 6) is -0.491. The maximum Gasteiger partial charge on any atom is 0.254 e. The van der Waals surface area contributed by atoms with Crippen LogP contribution in [0.2, 0.25) is 5.02 Å². The molecule has 0 radical (unpaired) electrons. The Kier molecular flexibility index (Phi) is 9.38. The van der Waals surface area contributed by atoms with Gasteiger partial charge in [-0.1, -0.05) is 60.1 Å². The highest BCUT2D eigenvalue weighted by atomic mass is 35.5. The number of aryl methyl sites for hydroxylation is 1. The molecule has 3 N–H and O–H groups in total. The molecule has 1 fully saturated rings. The van der Waals surface area contributed by atoms with E-state index in [0.29, 0.717) is 29.2 Å². The topological polar surface area (TPSA) is 94.6 Å². The molecule has 5 rings (SSSR count). The second-order valence-electron chi connectivity index (χ2n) is 10.9. The summed E-state index contributed by atoms with van der Waals surface area (Å²) in [5.41, 5.74) is 2.41. The number of rotatable bonds is 10. The Morgan fingerprint density at radius 1 is 1.10 bits per heavy atom. The standard InChI is InChI=1S/C33H35ClN4O3S/c1-22-21-42-31(36-22)28-15-8-16-38(28)32(41)25-11-7-10-24(18-25)30(40)37-33(2,26-12-4-3-5-13-26)29(39)20-35-19-23-9-6-14-27(34)17-23/h3-7,9-14,17-18,21,28-29,35,39H,8,15-16,19-20H2,1-2H3,(H,37,40)/t28-,29-,33+/m1/s1. The van der Waals surface area contributed by atoms with Gasteiger partial charge in [-0.05, 0) is 68.1 Å². The van der Waals surface area contributed by atoms with E-state index in [1.807, 2.05) is 78.7 Å². The normalized spacial score (nSPS) is 17.0. The summed E-state index contributed by atoms with van der Waals surface area (Å²) in [5, 5.41) is 21.4. The van der Waals surface area contributed by atoms with Crippen LogP contribution in [0.25, 0.3) is 0 Å². The van der Waals surface area contributed by atoms with Gasteiger partial charge in [0.15, 0.2) is 0 Å². The highest BCUT2D eigenvalue weighted by Gasteiger charge is 2.37. The molecule has 1 saturated heterocycles. The van der Waals surface area contributed by atoms with Crippen LogP contribution in [0.5, 0.6) is 0 Å². The molecule has 1 aliphatic heterocycles. The lowest BCUT2D eigenvalue weighted by molar-refractivity contribution is 0.0554. The molecule has 4 aromatic rings. The molecule has 218 valence electrons. The molecule has 3 atom stereocenters. The van der Waals surface area contributed by atoms with Gasteiger partial charge >= 0.3 is 0 Å². The van der Waals surface area contributed by atoms with Crippen molar-refractivity contribution in [3.63, 3.8) is 0 Å². The first-order valence-electron chi connectivity index (χ1n) is 14.1. The molecule has 0 aliphatic carbocycles. The maximum atomic E-state index is 13.7. The maximum absolute atomic E-state index is 13.7. The van der Waals surface area contributed by atoms with Crippen LogP contribution in [0, 0.1) is 6.92 Å². The first-order chi connectivity index (χ1) is 20.2.